The van der Waals surface area contributed by atoms with Crippen LogP contribution in [0.1, 0.15) is 42.7 Å². The molecule has 3 heteroatoms. The first-order chi connectivity index (χ1) is 8.59. The number of Topliss-reactive ketones (excluding diaryl/α,β-unsaturated/α-hetero) is 1. The van der Waals surface area contributed by atoms with Gasteiger partial charge in [-0.05, 0) is 6.42 Å². The van der Waals surface area contributed by atoms with Gasteiger partial charge >= 0.3 is 0 Å². The minimum atomic E-state index is 0.00325. The van der Waals surface area contributed by atoms with Crippen molar-refractivity contribution in [2.45, 2.75) is 32.1 Å². The van der Waals surface area contributed by atoms with Crippen molar-refractivity contribution in [1.29, 1.82) is 0 Å². The third-order valence-electron chi connectivity index (χ3n) is 3.75. The predicted molar refractivity (Wildman–Crippen MR) is 70.6 cm³/mol. The zero-order chi connectivity index (χ0) is 12.8. The standard InChI is InChI=1S/C15H16N2O/c1-15(2)9-8-11(18)12-13(16-17-14(12)15)10-6-4-3-5-7-10/h3-7H,8-9H2,1-2H3,(H,16,17). The summed E-state index contributed by atoms with van der Waals surface area (Å²) in [6.45, 7) is 4.32. The SMILES string of the molecule is CC1(C)CCC(=O)c2c(-c3ccccc3)n[nH]c21. The van der Waals surface area contributed by atoms with Crippen LogP contribution in [-0.2, 0) is 5.41 Å². The first-order valence-electron chi connectivity index (χ1n) is 6.27. The number of aromatic nitrogens is 2. The summed E-state index contributed by atoms with van der Waals surface area (Å²) in [7, 11) is 0. The van der Waals surface area contributed by atoms with Gasteiger partial charge in [-0.3, -0.25) is 9.89 Å². The lowest BCUT2D eigenvalue weighted by Crippen LogP contribution is -2.27. The van der Waals surface area contributed by atoms with E-state index >= 15 is 0 Å². The molecule has 0 radical (unpaired) electrons. The van der Waals surface area contributed by atoms with Crippen molar-refractivity contribution < 1.29 is 4.79 Å². The number of ketones is 1. The van der Waals surface area contributed by atoms with Crippen molar-refractivity contribution in [3.63, 3.8) is 0 Å². The third-order valence-corrected chi connectivity index (χ3v) is 3.75. The second kappa shape index (κ2) is 3.80. The largest absolute Gasteiger partial charge is 0.294 e. The molecule has 1 aromatic heterocycles. The maximum atomic E-state index is 12.2. The molecule has 3 nitrogen and oxygen atoms in total. The van der Waals surface area contributed by atoms with Crippen molar-refractivity contribution in [2.75, 3.05) is 0 Å². The Bertz CT molecular complexity index is 596. The fraction of sp³-hybridized carbons (Fsp3) is 0.333. The maximum Gasteiger partial charge on any atom is 0.167 e. The van der Waals surface area contributed by atoms with Gasteiger partial charge in [-0.2, -0.15) is 5.10 Å². The summed E-state index contributed by atoms with van der Waals surface area (Å²) >= 11 is 0. The second-order valence-electron chi connectivity index (χ2n) is 5.50. The highest BCUT2D eigenvalue weighted by Crippen LogP contribution is 2.39. The van der Waals surface area contributed by atoms with E-state index in [1.165, 1.54) is 0 Å². The molecule has 0 fully saturated rings. The topological polar surface area (TPSA) is 45.8 Å². The Kier molecular flexibility index (Phi) is 2.37. The third kappa shape index (κ3) is 1.58. The molecule has 92 valence electrons. The number of hydrogen-bond donors (Lipinski definition) is 1. The molecule has 0 saturated heterocycles. The number of benzene rings is 1. The van der Waals surface area contributed by atoms with Gasteiger partial charge in [0.1, 0.15) is 5.69 Å². The zero-order valence-electron chi connectivity index (χ0n) is 10.7. The number of nitrogens with zero attached hydrogens (tertiary/aromatic N) is 1. The van der Waals surface area contributed by atoms with Crippen LogP contribution in [0.4, 0.5) is 0 Å². The molecule has 3 rings (SSSR count). The fourth-order valence-electron chi connectivity index (χ4n) is 2.58. The van der Waals surface area contributed by atoms with Gasteiger partial charge in [0, 0.05) is 17.4 Å². The van der Waals surface area contributed by atoms with Gasteiger partial charge in [0.2, 0.25) is 0 Å². The molecule has 1 aliphatic rings. The Morgan fingerprint density at radius 1 is 1.22 bits per heavy atom. The van der Waals surface area contributed by atoms with Crippen LogP contribution in [0.5, 0.6) is 0 Å². The van der Waals surface area contributed by atoms with Crippen LogP contribution < -0.4 is 0 Å². The van der Waals surface area contributed by atoms with Gasteiger partial charge in [-0.15, -0.1) is 0 Å². The number of H-pyrrole nitrogens is 1. The van der Waals surface area contributed by atoms with Crippen LogP contribution in [0, 0.1) is 0 Å². The van der Waals surface area contributed by atoms with Crippen molar-refractivity contribution >= 4 is 5.78 Å². The molecule has 2 aromatic rings. The maximum absolute atomic E-state index is 12.2. The highest BCUT2D eigenvalue weighted by Gasteiger charge is 2.36. The summed E-state index contributed by atoms with van der Waals surface area (Å²) in [6.07, 6.45) is 1.49. The van der Waals surface area contributed by atoms with Gasteiger partial charge in [0.15, 0.2) is 5.78 Å². The number of carbonyl (C=O) groups excluding carboxylic acids is 1. The van der Waals surface area contributed by atoms with E-state index in [9.17, 15) is 4.79 Å². The second-order valence-corrected chi connectivity index (χ2v) is 5.50. The molecule has 1 aliphatic carbocycles. The number of aromatic amines is 1. The van der Waals surface area contributed by atoms with E-state index in [4.69, 9.17) is 0 Å². The zero-order valence-corrected chi connectivity index (χ0v) is 10.7. The van der Waals surface area contributed by atoms with Crippen LogP contribution in [0.2, 0.25) is 0 Å². The number of rotatable bonds is 1. The fourth-order valence-corrected chi connectivity index (χ4v) is 2.58. The Balaban J connectivity index is 2.21. The summed E-state index contributed by atoms with van der Waals surface area (Å²) < 4.78 is 0. The van der Waals surface area contributed by atoms with Gasteiger partial charge < -0.3 is 0 Å². The molecule has 0 saturated carbocycles. The first-order valence-corrected chi connectivity index (χ1v) is 6.27. The summed E-state index contributed by atoms with van der Waals surface area (Å²) in [6, 6.07) is 9.88. The summed E-state index contributed by atoms with van der Waals surface area (Å²) in [5.74, 6) is 0.205. The van der Waals surface area contributed by atoms with Gasteiger partial charge in [0.05, 0.1) is 11.3 Å². The molecule has 18 heavy (non-hydrogen) atoms. The van der Waals surface area contributed by atoms with Crippen LogP contribution in [0.15, 0.2) is 30.3 Å². The highest BCUT2D eigenvalue weighted by molar-refractivity contribution is 6.03. The Morgan fingerprint density at radius 2 is 1.94 bits per heavy atom. The molecule has 1 heterocycles. The number of fused-ring (bicyclic) bond motifs is 1. The first kappa shape index (κ1) is 11.2. The summed E-state index contributed by atoms with van der Waals surface area (Å²) in [4.78, 5) is 12.2. The lowest BCUT2D eigenvalue weighted by atomic mass is 9.75. The minimum absolute atomic E-state index is 0.00325. The molecule has 0 amide bonds. The van der Waals surface area contributed by atoms with E-state index < -0.39 is 0 Å². The molecule has 1 aromatic carbocycles. The lowest BCUT2D eigenvalue weighted by Gasteiger charge is -2.28. The quantitative estimate of drug-likeness (QED) is 0.831. The number of hydrogen-bond acceptors (Lipinski definition) is 2. The van der Waals surface area contributed by atoms with Crippen molar-refractivity contribution in [3.05, 3.63) is 41.6 Å². The Hall–Kier alpha value is -1.90. The van der Waals surface area contributed by atoms with E-state index in [1.807, 2.05) is 30.3 Å². The van der Waals surface area contributed by atoms with Crippen LogP contribution in [0.3, 0.4) is 0 Å². The minimum Gasteiger partial charge on any atom is -0.294 e. The van der Waals surface area contributed by atoms with Crippen LogP contribution in [0.25, 0.3) is 11.3 Å². The van der Waals surface area contributed by atoms with Gasteiger partial charge in [0.25, 0.3) is 0 Å². The average Bonchev–Trinajstić information content (AvgIpc) is 2.82. The lowest BCUT2D eigenvalue weighted by molar-refractivity contribution is 0.0957. The van der Waals surface area contributed by atoms with E-state index in [-0.39, 0.29) is 11.2 Å². The monoisotopic (exact) mass is 240 g/mol. The molecule has 0 spiro atoms. The van der Waals surface area contributed by atoms with E-state index in [1.54, 1.807) is 0 Å². The smallest absolute Gasteiger partial charge is 0.167 e. The number of nitrogens with one attached hydrogen (secondary N) is 1. The average molecular weight is 240 g/mol. The molecule has 0 bridgehead atoms. The molecule has 0 aliphatic heterocycles. The molecule has 0 unspecified atom stereocenters. The van der Waals surface area contributed by atoms with Gasteiger partial charge in [-0.25, -0.2) is 0 Å². The van der Waals surface area contributed by atoms with E-state index in [0.29, 0.717) is 6.42 Å². The Labute approximate surface area is 106 Å². The van der Waals surface area contributed by atoms with Crippen LogP contribution in [-0.4, -0.2) is 16.0 Å². The Morgan fingerprint density at radius 3 is 2.67 bits per heavy atom. The van der Waals surface area contributed by atoms with E-state index in [0.717, 1.165) is 28.9 Å². The number of carbonyl (C=O) groups is 1. The highest BCUT2D eigenvalue weighted by atomic mass is 16.1. The van der Waals surface area contributed by atoms with Crippen molar-refractivity contribution in [3.8, 4) is 11.3 Å². The van der Waals surface area contributed by atoms with Gasteiger partial charge in [-0.1, -0.05) is 44.2 Å². The van der Waals surface area contributed by atoms with Crippen molar-refractivity contribution in [1.82, 2.24) is 10.2 Å². The molecule has 1 N–H and O–H groups in total. The van der Waals surface area contributed by atoms with Crippen molar-refractivity contribution in [2.24, 2.45) is 0 Å². The summed E-state index contributed by atoms with van der Waals surface area (Å²) in [5, 5.41) is 7.44. The molecular formula is C15H16N2O. The van der Waals surface area contributed by atoms with E-state index in [2.05, 4.69) is 24.0 Å². The predicted octanol–water partition coefficient (Wildman–Crippen LogP) is 3.33. The molecular weight excluding hydrogens is 224 g/mol. The summed E-state index contributed by atoms with van der Waals surface area (Å²) in [5.41, 5.74) is 3.57. The molecule has 0 atom stereocenters. The normalized spacial score (nSPS) is 17.6. The van der Waals surface area contributed by atoms with Crippen LogP contribution >= 0.6 is 0 Å².